The van der Waals surface area contributed by atoms with Crippen molar-refractivity contribution in [2.45, 2.75) is 26.8 Å². The molecule has 2 aliphatic rings. The summed E-state index contributed by atoms with van der Waals surface area (Å²) in [7, 11) is 1.79. The zero-order chi connectivity index (χ0) is 23.4. The highest BCUT2D eigenvalue weighted by Crippen LogP contribution is 2.34. The summed E-state index contributed by atoms with van der Waals surface area (Å²) in [6.07, 6.45) is 6.81. The predicted molar refractivity (Wildman–Crippen MR) is 138 cm³/mol. The number of halogens is 1. The van der Waals surface area contributed by atoms with E-state index < -0.39 is 0 Å². The van der Waals surface area contributed by atoms with Crippen molar-refractivity contribution in [1.82, 2.24) is 9.80 Å². The second-order valence-corrected chi connectivity index (χ2v) is 9.71. The molecule has 2 unspecified atom stereocenters. The van der Waals surface area contributed by atoms with Gasteiger partial charge >= 0.3 is 0 Å². The van der Waals surface area contributed by atoms with E-state index in [1.54, 1.807) is 7.11 Å². The largest absolute Gasteiger partial charge is 0.500 e. The lowest BCUT2D eigenvalue weighted by atomic mass is 9.96. The van der Waals surface area contributed by atoms with Crippen LogP contribution in [0.3, 0.4) is 0 Å². The molecule has 0 bridgehead atoms. The molecular formula is C29H35ClN2O. The molecule has 0 spiro atoms. The topological polar surface area (TPSA) is 15.7 Å². The first kappa shape index (κ1) is 23.7. The molecular weight excluding hydrogens is 428 g/mol. The second kappa shape index (κ2) is 10.6. The van der Waals surface area contributed by atoms with Gasteiger partial charge in [-0.2, -0.15) is 0 Å². The van der Waals surface area contributed by atoms with Crippen molar-refractivity contribution in [2.75, 3.05) is 33.3 Å². The quantitative estimate of drug-likeness (QED) is 0.475. The van der Waals surface area contributed by atoms with Crippen LogP contribution in [-0.2, 0) is 4.74 Å². The van der Waals surface area contributed by atoms with Crippen LogP contribution in [0.1, 0.15) is 37.9 Å². The van der Waals surface area contributed by atoms with Gasteiger partial charge in [0.2, 0.25) is 0 Å². The summed E-state index contributed by atoms with van der Waals surface area (Å²) >= 11 is 6.19. The standard InChI is InChI=1S/C29H35ClN2O/c1-21(2)25-12-15-27(22(3)28(20-25)33-4)31-16-18-32(19-17-31)29(23-8-6-5-7-9-23)24-10-13-26(30)14-11-24/h5-15,20-22,29H,16-19H2,1-4H3. The van der Waals surface area contributed by atoms with Gasteiger partial charge in [-0.1, -0.05) is 74.0 Å². The molecule has 33 heavy (non-hydrogen) atoms. The van der Waals surface area contributed by atoms with Crippen LogP contribution in [0, 0.1) is 11.8 Å². The Hall–Kier alpha value is -2.49. The number of hydrogen-bond acceptors (Lipinski definition) is 3. The van der Waals surface area contributed by atoms with Gasteiger partial charge in [0, 0.05) is 36.9 Å². The van der Waals surface area contributed by atoms with Gasteiger partial charge in [-0.25, -0.2) is 0 Å². The second-order valence-electron chi connectivity index (χ2n) is 9.27. The maximum Gasteiger partial charge on any atom is 0.104 e. The number of piperazine rings is 1. The molecule has 1 heterocycles. The van der Waals surface area contributed by atoms with Gasteiger partial charge < -0.3 is 9.64 Å². The summed E-state index contributed by atoms with van der Waals surface area (Å²) in [5.74, 6) is 1.76. The zero-order valence-electron chi connectivity index (χ0n) is 20.2. The summed E-state index contributed by atoms with van der Waals surface area (Å²) in [5.41, 5.74) is 5.28. The summed E-state index contributed by atoms with van der Waals surface area (Å²) in [6, 6.07) is 19.4. The lowest BCUT2D eigenvalue weighted by Crippen LogP contribution is -2.48. The van der Waals surface area contributed by atoms with E-state index in [1.165, 1.54) is 22.4 Å². The van der Waals surface area contributed by atoms with E-state index in [2.05, 4.69) is 91.3 Å². The van der Waals surface area contributed by atoms with Crippen molar-refractivity contribution in [3.05, 3.63) is 106 Å². The van der Waals surface area contributed by atoms with Crippen molar-refractivity contribution < 1.29 is 4.74 Å². The van der Waals surface area contributed by atoms with Crippen LogP contribution in [0.5, 0.6) is 0 Å². The van der Waals surface area contributed by atoms with Crippen LogP contribution in [0.2, 0.25) is 5.02 Å². The Balaban J connectivity index is 1.55. The lowest BCUT2D eigenvalue weighted by Gasteiger charge is -2.42. The SMILES string of the molecule is COC1=CC(C(C)C)=CC=C(N2CCN(C(c3ccccc3)c3ccc(Cl)cc3)CC2)C1C. The molecule has 0 radical (unpaired) electrons. The predicted octanol–water partition coefficient (Wildman–Crippen LogP) is 6.69. The van der Waals surface area contributed by atoms with Gasteiger partial charge in [0.05, 0.1) is 19.1 Å². The first-order valence-corrected chi connectivity index (χ1v) is 12.3. The van der Waals surface area contributed by atoms with Gasteiger partial charge in [0.1, 0.15) is 5.76 Å². The molecule has 1 aliphatic carbocycles. The number of hydrogen-bond donors (Lipinski definition) is 0. The van der Waals surface area contributed by atoms with Crippen molar-refractivity contribution >= 4 is 11.6 Å². The Morgan fingerprint density at radius 3 is 2.12 bits per heavy atom. The highest BCUT2D eigenvalue weighted by molar-refractivity contribution is 6.30. The first-order valence-electron chi connectivity index (χ1n) is 11.9. The Labute approximate surface area is 204 Å². The normalized spacial score (nSPS) is 20.6. The van der Waals surface area contributed by atoms with Crippen molar-refractivity contribution in [1.29, 1.82) is 0 Å². The molecule has 2 aromatic carbocycles. The van der Waals surface area contributed by atoms with Crippen LogP contribution in [0.15, 0.2) is 89.9 Å². The Bertz CT molecular complexity index is 1020. The van der Waals surface area contributed by atoms with Gasteiger partial charge in [0.25, 0.3) is 0 Å². The molecule has 2 atom stereocenters. The van der Waals surface area contributed by atoms with Gasteiger partial charge in [-0.15, -0.1) is 0 Å². The minimum atomic E-state index is 0.230. The molecule has 4 heteroatoms. The summed E-state index contributed by atoms with van der Waals surface area (Å²) in [5, 5.41) is 0.778. The molecule has 2 aromatic rings. The third-order valence-electron chi connectivity index (χ3n) is 6.87. The zero-order valence-corrected chi connectivity index (χ0v) is 20.9. The Kier molecular flexibility index (Phi) is 7.62. The van der Waals surface area contributed by atoms with Crippen molar-refractivity contribution in [3.63, 3.8) is 0 Å². The molecule has 1 aliphatic heterocycles. The highest BCUT2D eigenvalue weighted by atomic mass is 35.5. The van der Waals surface area contributed by atoms with Crippen LogP contribution < -0.4 is 0 Å². The summed E-state index contributed by atoms with van der Waals surface area (Å²) in [6.45, 7) is 10.7. The van der Waals surface area contributed by atoms with Gasteiger partial charge in [-0.05, 0) is 53.8 Å². The van der Waals surface area contributed by atoms with Gasteiger partial charge in [0.15, 0.2) is 0 Å². The van der Waals surface area contributed by atoms with Crippen LogP contribution in [-0.4, -0.2) is 43.1 Å². The minimum Gasteiger partial charge on any atom is -0.500 e. The Morgan fingerprint density at radius 2 is 1.52 bits per heavy atom. The fraction of sp³-hybridized carbons (Fsp3) is 0.379. The minimum absolute atomic E-state index is 0.230. The lowest BCUT2D eigenvalue weighted by molar-refractivity contribution is 0.121. The average Bonchev–Trinajstić information content (AvgIpc) is 3.00. The first-order chi connectivity index (χ1) is 16.0. The average molecular weight is 463 g/mol. The highest BCUT2D eigenvalue weighted by Gasteiger charge is 2.30. The number of methoxy groups -OCH3 is 1. The van der Waals surface area contributed by atoms with E-state index in [-0.39, 0.29) is 12.0 Å². The third kappa shape index (κ3) is 5.37. The van der Waals surface area contributed by atoms with Crippen LogP contribution >= 0.6 is 11.6 Å². The molecule has 174 valence electrons. The molecule has 0 amide bonds. The summed E-state index contributed by atoms with van der Waals surface area (Å²) in [4.78, 5) is 5.14. The van der Waals surface area contributed by atoms with E-state index in [4.69, 9.17) is 16.3 Å². The molecule has 1 saturated heterocycles. The van der Waals surface area contributed by atoms with E-state index in [0.29, 0.717) is 5.92 Å². The fourth-order valence-electron chi connectivity index (χ4n) is 4.92. The molecule has 0 aromatic heterocycles. The molecule has 0 saturated carbocycles. The van der Waals surface area contributed by atoms with Crippen LogP contribution in [0.4, 0.5) is 0 Å². The van der Waals surface area contributed by atoms with E-state index in [9.17, 15) is 0 Å². The molecule has 4 rings (SSSR count). The molecule has 0 N–H and O–H groups in total. The fourth-order valence-corrected chi connectivity index (χ4v) is 5.04. The monoisotopic (exact) mass is 462 g/mol. The smallest absolute Gasteiger partial charge is 0.104 e. The maximum absolute atomic E-state index is 6.19. The van der Waals surface area contributed by atoms with E-state index in [0.717, 1.165) is 37.0 Å². The molecule has 3 nitrogen and oxygen atoms in total. The van der Waals surface area contributed by atoms with Crippen molar-refractivity contribution in [2.24, 2.45) is 11.8 Å². The third-order valence-corrected chi connectivity index (χ3v) is 7.13. The van der Waals surface area contributed by atoms with Gasteiger partial charge in [-0.3, -0.25) is 4.90 Å². The number of nitrogens with zero attached hydrogens (tertiary/aromatic N) is 2. The number of allylic oxidation sites excluding steroid dienone is 4. The molecule has 1 fully saturated rings. The van der Waals surface area contributed by atoms with Crippen molar-refractivity contribution in [3.8, 4) is 0 Å². The number of rotatable bonds is 6. The van der Waals surface area contributed by atoms with E-state index in [1.807, 2.05) is 12.1 Å². The number of ether oxygens (including phenoxy) is 1. The maximum atomic E-state index is 6.19. The Morgan fingerprint density at radius 1 is 0.879 bits per heavy atom. The van der Waals surface area contributed by atoms with Crippen LogP contribution in [0.25, 0.3) is 0 Å². The van der Waals surface area contributed by atoms with E-state index >= 15 is 0 Å². The summed E-state index contributed by atoms with van der Waals surface area (Å²) < 4.78 is 5.80. The number of benzene rings is 2.